The molecule has 2 aromatic carbocycles. The van der Waals surface area contributed by atoms with Crippen LogP contribution in [0, 0.1) is 0 Å². The van der Waals surface area contributed by atoms with Gasteiger partial charge in [0.15, 0.2) is 0 Å². The first-order valence-electron chi connectivity index (χ1n) is 8.94. The van der Waals surface area contributed by atoms with E-state index in [0.717, 1.165) is 61.9 Å². The van der Waals surface area contributed by atoms with Crippen molar-refractivity contribution in [1.82, 2.24) is 0 Å². The first kappa shape index (κ1) is 23.4. The van der Waals surface area contributed by atoms with Crippen molar-refractivity contribution < 1.29 is 50.1 Å². The first-order valence-corrected chi connectivity index (χ1v) is 8.94. The smallest absolute Gasteiger partial charge is 0.148 e. The molecule has 3 rings (SSSR count). The number of aryl methyl sites for hydroxylation is 1. The fourth-order valence-corrected chi connectivity index (χ4v) is 3.06. The number of ether oxygens (including phenoxy) is 3. The van der Waals surface area contributed by atoms with Gasteiger partial charge in [-0.15, -0.1) is 0 Å². The lowest BCUT2D eigenvalue weighted by Gasteiger charge is -2.25. The van der Waals surface area contributed by atoms with E-state index in [2.05, 4.69) is 17.1 Å². The summed E-state index contributed by atoms with van der Waals surface area (Å²) in [4.78, 5) is 0. The lowest BCUT2D eigenvalue weighted by Crippen LogP contribution is -3.00. The summed E-state index contributed by atoms with van der Waals surface area (Å²) in [5.41, 5.74) is 6.17. The van der Waals surface area contributed by atoms with Gasteiger partial charge in [0.2, 0.25) is 0 Å². The minimum atomic E-state index is 0. The van der Waals surface area contributed by atoms with Gasteiger partial charge in [0.25, 0.3) is 0 Å². The Balaban J connectivity index is 0.00000182. The van der Waals surface area contributed by atoms with Crippen molar-refractivity contribution in [1.29, 1.82) is 0 Å². The van der Waals surface area contributed by atoms with Gasteiger partial charge in [0.05, 0.1) is 20.3 Å². The molecule has 0 saturated heterocycles. The molecule has 0 spiro atoms. The van der Waals surface area contributed by atoms with E-state index in [9.17, 15) is 0 Å². The van der Waals surface area contributed by atoms with Gasteiger partial charge in [-0.05, 0) is 36.6 Å². The molecule has 5 nitrogen and oxygen atoms in total. The quantitative estimate of drug-likeness (QED) is 0.426. The van der Waals surface area contributed by atoms with Crippen LogP contribution in [0.4, 0.5) is 5.69 Å². The van der Waals surface area contributed by atoms with Crippen LogP contribution in [0.1, 0.15) is 18.4 Å². The average molecular weight is 415 g/mol. The summed E-state index contributed by atoms with van der Waals surface area (Å²) in [6, 6.07) is 14.0. The Bertz CT molecular complexity index is 701. The Morgan fingerprint density at radius 1 is 1.15 bits per heavy atom. The summed E-state index contributed by atoms with van der Waals surface area (Å²) in [6.45, 7) is 2.74. The number of benzene rings is 2. The molecule has 1 aliphatic heterocycles. The zero-order valence-electron chi connectivity index (χ0n) is 15.6. The molecule has 1 aliphatic rings. The van der Waals surface area contributed by atoms with Crippen molar-refractivity contribution in [3.8, 4) is 17.2 Å². The predicted octanol–water partition coefficient (Wildman–Crippen LogP) is -4.70. The third-order valence-corrected chi connectivity index (χ3v) is 4.45. The molecule has 0 bridgehead atoms. The molecule has 150 valence electrons. The number of halogens is 2. The van der Waals surface area contributed by atoms with Crippen LogP contribution in [-0.2, 0) is 6.42 Å². The lowest BCUT2D eigenvalue weighted by molar-refractivity contribution is -0.660. The fourth-order valence-electron chi connectivity index (χ4n) is 3.06. The molecule has 0 saturated carbocycles. The van der Waals surface area contributed by atoms with Crippen LogP contribution in [0.3, 0.4) is 0 Å². The second-order valence-corrected chi connectivity index (χ2v) is 6.41. The van der Waals surface area contributed by atoms with Crippen molar-refractivity contribution >= 4 is 5.69 Å². The molecular weight excluding hydrogens is 387 g/mol. The van der Waals surface area contributed by atoms with E-state index in [1.165, 1.54) is 5.56 Å². The minimum absolute atomic E-state index is 0. The maximum Gasteiger partial charge on any atom is 0.148 e. The fraction of sp³-hybridized carbons (Fsp3) is 0.400. The number of rotatable bonds is 8. The molecule has 0 aromatic heterocycles. The summed E-state index contributed by atoms with van der Waals surface area (Å²) < 4.78 is 17.1. The second kappa shape index (κ2) is 11.9. The van der Waals surface area contributed by atoms with Crippen LogP contribution in [0.5, 0.6) is 17.2 Å². The zero-order chi connectivity index (χ0) is 17.5. The van der Waals surface area contributed by atoms with Crippen LogP contribution in [0.25, 0.3) is 0 Å². The van der Waals surface area contributed by atoms with E-state index >= 15 is 0 Å². The molecule has 1 unspecified atom stereocenters. The first-order chi connectivity index (χ1) is 12.2. The highest BCUT2D eigenvalue weighted by atomic mass is 35.5. The van der Waals surface area contributed by atoms with Crippen molar-refractivity contribution in [2.24, 2.45) is 0 Å². The lowest BCUT2D eigenvalue weighted by atomic mass is 10.0. The summed E-state index contributed by atoms with van der Waals surface area (Å²) in [7, 11) is 1.69. The molecule has 0 aliphatic carbocycles. The Kier molecular flexibility index (Phi) is 10.3. The second-order valence-electron chi connectivity index (χ2n) is 6.41. The van der Waals surface area contributed by atoms with Gasteiger partial charge in [-0.2, -0.15) is 0 Å². The molecule has 1 atom stereocenters. The number of quaternary nitrogens is 2. The van der Waals surface area contributed by atoms with Gasteiger partial charge in [-0.3, -0.25) is 0 Å². The van der Waals surface area contributed by atoms with Crippen LogP contribution < -0.4 is 50.1 Å². The highest BCUT2D eigenvalue weighted by Crippen LogP contribution is 2.30. The van der Waals surface area contributed by atoms with Gasteiger partial charge in [-0.25, -0.2) is 0 Å². The Morgan fingerprint density at radius 2 is 2.00 bits per heavy atom. The number of nitrogens with two attached hydrogens (primary N) is 1. The van der Waals surface area contributed by atoms with E-state index in [-0.39, 0.29) is 30.9 Å². The van der Waals surface area contributed by atoms with Crippen LogP contribution >= 0.6 is 0 Å². The van der Waals surface area contributed by atoms with E-state index in [1.54, 1.807) is 7.11 Å². The van der Waals surface area contributed by atoms with Crippen molar-refractivity contribution in [2.75, 3.05) is 26.8 Å². The molecule has 2 aromatic rings. The maximum absolute atomic E-state index is 6.11. The van der Waals surface area contributed by atoms with Crippen molar-refractivity contribution in [3.63, 3.8) is 0 Å². The summed E-state index contributed by atoms with van der Waals surface area (Å²) in [6.07, 6.45) is 3.42. The van der Waals surface area contributed by atoms with Gasteiger partial charge in [0.1, 0.15) is 35.6 Å². The van der Waals surface area contributed by atoms with Crippen LogP contribution in [-0.4, -0.2) is 32.9 Å². The van der Waals surface area contributed by atoms with E-state index in [1.807, 2.05) is 36.4 Å². The minimum Gasteiger partial charge on any atom is -1.00 e. The molecule has 5 N–H and O–H groups in total. The van der Waals surface area contributed by atoms with E-state index in [4.69, 9.17) is 14.2 Å². The Labute approximate surface area is 173 Å². The van der Waals surface area contributed by atoms with E-state index in [0.29, 0.717) is 0 Å². The van der Waals surface area contributed by atoms with E-state index < -0.39 is 0 Å². The molecule has 1 heterocycles. The standard InChI is InChI=1S/C20H26N2O3.2ClH/c1-23-17-8-6-15-7-9-19(25-20(15)13-17)14-22-10-3-11-24-18-5-2-4-16(21)12-18;;/h2,4-6,8,12-13,19,22H,3,7,9-11,14,21H2,1H3;2*1H. The summed E-state index contributed by atoms with van der Waals surface area (Å²) in [5.74, 6) is 2.72. The summed E-state index contributed by atoms with van der Waals surface area (Å²) in [5, 5.41) is 2.32. The number of fused-ring (bicyclic) bond motifs is 1. The number of hydrogen-bond donors (Lipinski definition) is 2. The highest BCUT2D eigenvalue weighted by molar-refractivity contribution is 5.42. The summed E-state index contributed by atoms with van der Waals surface area (Å²) >= 11 is 0. The van der Waals surface area contributed by atoms with Crippen LogP contribution in [0.2, 0.25) is 0 Å². The molecule has 0 radical (unpaired) electrons. The Morgan fingerprint density at radius 3 is 2.78 bits per heavy atom. The van der Waals surface area contributed by atoms with Gasteiger partial charge in [-0.1, -0.05) is 12.1 Å². The topological polar surface area (TPSA) is 71.9 Å². The largest absolute Gasteiger partial charge is 1.00 e. The van der Waals surface area contributed by atoms with Gasteiger partial charge in [0, 0.05) is 18.6 Å². The van der Waals surface area contributed by atoms with Gasteiger partial charge < -0.3 is 50.1 Å². The van der Waals surface area contributed by atoms with Crippen molar-refractivity contribution in [3.05, 3.63) is 48.0 Å². The average Bonchev–Trinajstić information content (AvgIpc) is 2.64. The third kappa shape index (κ3) is 7.11. The van der Waals surface area contributed by atoms with Gasteiger partial charge >= 0.3 is 0 Å². The van der Waals surface area contributed by atoms with Crippen molar-refractivity contribution in [2.45, 2.75) is 25.4 Å². The zero-order valence-corrected chi connectivity index (χ0v) is 17.1. The number of methoxy groups -OCH3 is 1. The normalized spacial score (nSPS) is 14.8. The molecule has 0 fully saturated rings. The highest BCUT2D eigenvalue weighted by Gasteiger charge is 2.21. The third-order valence-electron chi connectivity index (χ3n) is 4.45. The number of hydrogen-bond acceptors (Lipinski definition) is 3. The monoisotopic (exact) mass is 414 g/mol. The molecule has 7 heteroatoms. The maximum atomic E-state index is 6.11. The predicted molar refractivity (Wildman–Crippen MR) is 96.5 cm³/mol. The van der Waals surface area contributed by atoms with Crippen LogP contribution in [0.15, 0.2) is 42.5 Å². The molecular formula is C20H28Cl2N2O3. The Hall–Kier alpha value is -1.66. The molecule has 0 amide bonds. The SMILES string of the molecule is COc1ccc2c(c1)OC(C[NH2+]CCCOc1cccc([NH3+])c1)CC2.[Cl-].[Cl-]. The molecule has 27 heavy (non-hydrogen) atoms.